The Morgan fingerprint density at radius 2 is 1.83 bits per heavy atom. The Morgan fingerprint density at radius 3 is 2.44 bits per heavy atom. The third kappa shape index (κ3) is 2.75. The number of carbonyl (C=O) groups excluding carboxylic acids is 1. The molecule has 0 saturated carbocycles. The van der Waals surface area contributed by atoms with Crippen LogP contribution in [0.25, 0.3) is 0 Å². The summed E-state index contributed by atoms with van der Waals surface area (Å²) in [5, 5.41) is 0. The van der Waals surface area contributed by atoms with Gasteiger partial charge in [0.15, 0.2) is 0 Å². The van der Waals surface area contributed by atoms with E-state index in [0.717, 1.165) is 18.8 Å². The highest BCUT2D eigenvalue weighted by Crippen LogP contribution is 2.26. The van der Waals surface area contributed by atoms with E-state index in [2.05, 4.69) is 4.90 Å². The molecule has 4 nitrogen and oxygen atoms in total. The highest BCUT2D eigenvalue weighted by Gasteiger charge is 2.15. The largest absolute Gasteiger partial charge is 0.497 e. The van der Waals surface area contributed by atoms with Crippen molar-refractivity contribution in [3.05, 3.63) is 23.8 Å². The zero-order chi connectivity index (χ0) is 13.0. The van der Waals surface area contributed by atoms with Crippen LogP contribution in [-0.4, -0.2) is 33.3 Å². The maximum absolute atomic E-state index is 11.6. The van der Waals surface area contributed by atoms with E-state index in [1.54, 1.807) is 13.2 Å². The van der Waals surface area contributed by atoms with Crippen LogP contribution in [-0.2, 0) is 4.74 Å². The van der Waals surface area contributed by atoms with Gasteiger partial charge in [0.1, 0.15) is 5.75 Å². The molecule has 1 aromatic carbocycles. The number of anilines is 1. The summed E-state index contributed by atoms with van der Waals surface area (Å²) in [7, 11) is 3.00. The lowest BCUT2D eigenvalue weighted by molar-refractivity contribution is 0.0600. The molecule has 0 aliphatic carbocycles. The van der Waals surface area contributed by atoms with Crippen LogP contribution < -0.4 is 9.64 Å². The minimum Gasteiger partial charge on any atom is -0.497 e. The van der Waals surface area contributed by atoms with Crippen molar-refractivity contribution in [1.29, 1.82) is 0 Å². The van der Waals surface area contributed by atoms with Crippen LogP contribution in [0.1, 0.15) is 29.6 Å². The molecule has 1 fully saturated rings. The second kappa shape index (κ2) is 5.76. The average molecular weight is 249 g/mol. The Hall–Kier alpha value is -1.71. The Balaban J connectivity index is 2.30. The molecule has 0 N–H and O–H groups in total. The summed E-state index contributed by atoms with van der Waals surface area (Å²) < 4.78 is 10.0. The van der Waals surface area contributed by atoms with Crippen molar-refractivity contribution in [1.82, 2.24) is 0 Å². The van der Waals surface area contributed by atoms with Crippen molar-refractivity contribution in [2.75, 3.05) is 32.2 Å². The number of methoxy groups -OCH3 is 2. The topological polar surface area (TPSA) is 38.8 Å². The van der Waals surface area contributed by atoms with Crippen molar-refractivity contribution in [3.63, 3.8) is 0 Å². The van der Waals surface area contributed by atoms with E-state index >= 15 is 0 Å². The molecule has 0 atom stereocenters. The predicted octanol–water partition coefficient (Wildman–Crippen LogP) is 2.47. The summed E-state index contributed by atoms with van der Waals surface area (Å²) in [5.74, 6) is 0.366. The number of piperidine rings is 1. The maximum atomic E-state index is 11.6. The van der Waals surface area contributed by atoms with Gasteiger partial charge in [-0.05, 0) is 31.4 Å². The number of hydrogen-bond acceptors (Lipinski definition) is 4. The van der Waals surface area contributed by atoms with Crippen molar-refractivity contribution in [2.24, 2.45) is 0 Å². The molecule has 2 rings (SSSR count). The Labute approximate surface area is 107 Å². The van der Waals surface area contributed by atoms with Gasteiger partial charge in [-0.2, -0.15) is 0 Å². The van der Waals surface area contributed by atoms with Crippen molar-refractivity contribution in [2.45, 2.75) is 19.3 Å². The second-order valence-electron chi connectivity index (χ2n) is 4.46. The summed E-state index contributed by atoms with van der Waals surface area (Å²) in [6.07, 6.45) is 3.68. The summed E-state index contributed by atoms with van der Waals surface area (Å²) >= 11 is 0. The molecule has 1 saturated heterocycles. The second-order valence-corrected chi connectivity index (χ2v) is 4.46. The maximum Gasteiger partial charge on any atom is 0.338 e. The van der Waals surface area contributed by atoms with Crippen LogP contribution >= 0.6 is 0 Å². The van der Waals surface area contributed by atoms with Gasteiger partial charge in [-0.1, -0.05) is 0 Å². The first kappa shape index (κ1) is 12.7. The van der Waals surface area contributed by atoms with Gasteiger partial charge in [0.05, 0.1) is 19.8 Å². The van der Waals surface area contributed by atoms with Gasteiger partial charge in [0.25, 0.3) is 0 Å². The van der Waals surface area contributed by atoms with Crippen LogP contribution in [0, 0.1) is 0 Å². The summed E-state index contributed by atoms with van der Waals surface area (Å²) in [6.45, 7) is 2.07. The Morgan fingerprint density at radius 1 is 1.11 bits per heavy atom. The molecular weight excluding hydrogens is 230 g/mol. The lowest BCUT2D eigenvalue weighted by Gasteiger charge is -2.29. The standard InChI is InChI=1S/C14H19NO3/c1-17-13-9-11(14(16)18-2)8-12(10-13)15-6-4-3-5-7-15/h8-10H,3-7H2,1-2H3. The molecule has 0 radical (unpaired) electrons. The lowest BCUT2D eigenvalue weighted by Crippen LogP contribution is -2.29. The molecule has 1 aromatic rings. The third-order valence-electron chi connectivity index (χ3n) is 3.27. The Kier molecular flexibility index (Phi) is 4.07. The SMILES string of the molecule is COC(=O)c1cc(OC)cc(N2CCCCC2)c1. The van der Waals surface area contributed by atoms with E-state index in [4.69, 9.17) is 9.47 Å². The van der Waals surface area contributed by atoms with E-state index in [-0.39, 0.29) is 5.97 Å². The van der Waals surface area contributed by atoms with Gasteiger partial charge >= 0.3 is 5.97 Å². The molecule has 1 heterocycles. The molecule has 0 unspecified atom stereocenters. The number of carbonyl (C=O) groups is 1. The first-order valence-electron chi connectivity index (χ1n) is 6.27. The van der Waals surface area contributed by atoms with Crippen LogP contribution in [0.4, 0.5) is 5.69 Å². The number of esters is 1. The van der Waals surface area contributed by atoms with Gasteiger partial charge in [-0.15, -0.1) is 0 Å². The van der Waals surface area contributed by atoms with Crippen LogP contribution in [0.2, 0.25) is 0 Å². The van der Waals surface area contributed by atoms with Crippen LogP contribution in [0.15, 0.2) is 18.2 Å². The Bertz CT molecular complexity index is 425. The first-order valence-corrected chi connectivity index (χ1v) is 6.27. The van der Waals surface area contributed by atoms with Gasteiger partial charge in [0, 0.05) is 24.8 Å². The highest BCUT2D eigenvalue weighted by molar-refractivity contribution is 5.91. The van der Waals surface area contributed by atoms with E-state index < -0.39 is 0 Å². The summed E-state index contributed by atoms with van der Waals surface area (Å²) in [5.41, 5.74) is 1.58. The quantitative estimate of drug-likeness (QED) is 0.771. The molecule has 1 aliphatic rings. The number of benzene rings is 1. The normalized spacial score (nSPS) is 15.3. The molecule has 1 aliphatic heterocycles. The third-order valence-corrected chi connectivity index (χ3v) is 3.27. The van der Waals surface area contributed by atoms with E-state index in [9.17, 15) is 4.79 Å². The molecule has 18 heavy (non-hydrogen) atoms. The van der Waals surface area contributed by atoms with Crippen LogP contribution in [0.3, 0.4) is 0 Å². The lowest BCUT2D eigenvalue weighted by atomic mass is 10.1. The monoisotopic (exact) mass is 249 g/mol. The van der Waals surface area contributed by atoms with E-state index in [1.807, 2.05) is 12.1 Å². The predicted molar refractivity (Wildman–Crippen MR) is 70.4 cm³/mol. The van der Waals surface area contributed by atoms with Gasteiger partial charge in [0.2, 0.25) is 0 Å². The molecule has 0 amide bonds. The molecule has 0 spiro atoms. The van der Waals surface area contributed by atoms with Crippen molar-refractivity contribution >= 4 is 11.7 Å². The minimum atomic E-state index is -0.327. The molecule has 0 aromatic heterocycles. The fourth-order valence-electron chi connectivity index (χ4n) is 2.27. The van der Waals surface area contributed by atoms with E-state index in [1.165, 1.54) is 26.4 Å². The summed E-state index contributed by atoms with van der Waals surface area (Å²) in [6, 6.07) is 5.55. The molecule has 0 bridgehead atoms. The first-order chi connectivity index (χ1) is 8.74. The zero-order valence-corrected chi connectivity index (χ0v) is 10.9. The van der Waals surface area contributed by atoms with Gasteiger partial charge in [-0.25, -0.2) is 4.79 Å². The van der Waals surface area contributed by atoms with Crippen LogP contribution in [0.5, 0.6) is 5.75 Å². The summed E-state index contributed by atoms with van der Waals surface area (Å²) in [4.78, 5) is 13.9. The van der Waals surface area contributed by atoms with E-state index in [0.29, 0.717) is 11.3 Å². The number of rotatable bonds is 3. The van der Waals surface area contributed by atoms with Crippen molar-refractivity contribution < 1.29 is 14.3 Å². The smallest absolute Gasteiger partial charge is 0.338 e. The fraction of sp³-hybridized carbons (Fsp3) is 0.500. The van der Waals surface area contributed by atoms with Crippen molar-refractivity contribution in [3.8, 4) is 5.75 Å². The molecule has 98 valence electrons. The number of nitrogens with zero attached hydrogens (tertiary/aromatic N) is 1. The number of hydrogen-bond donors (Lipinski definition) is 0. The molecular formula is C14H19NO3. The number of ether oxygens (including phenoxy) is 2. The molecule has 4 heteroatoms. The van der Waals surface area contributed by atoms with Gasteiger partial charge < -0.3 is 14.4 Å². The fourth-order valence-corrected chi connectivity index (χ4v) is 2.27. The average Bonchev–Trinajstić information content (AvgIpc) is 2.46. The minimum absolute atomic E-state index is 0.327. The zero-order valence-electron chi connectivity index (χ0n) is 10.9. The highest BCUT2D eigenvalue weighted by atomic mass is 16.5. The van der Waals surface area contributed by atoms with Gasteiger partial charge in [-0.3, -0.25) is 0 Å².